The quantitative estimate of drug-likeness (QED) is 0.656. The van der Waals surface area contributed by atoms with Gasteiger partial charge in [-0.3, -0.25) is 9.69 Å². The molecule has 2 aromatic carbocycles. The number of aryl methyl sites for hydroxylation is 1. The molecule has 0 radical (unpaired) electrons. The van der Waals surface area contributed by atoms with E-state index >= 15 is 0 Å². The Morgan fingerprint density at radius 2 is 2.03 bits per heavy atom. The average molecular weight is 415 g/mol. The van der Waals surface area contributed by atoms with Crippen molar-refractivity contribution in [2.45, 2.75) is 25.9 Å². The number of nitrogens with zero attached hydrogens (tertiary/aromatic N) is 3. The molecule has 0 bridgehead atoms. The molecule has 0 saturated carbocycles. The van der Waals surface area contributed by atoms with Crippen LogP contribution in [0.15, 0.2) is 47.0 Å². The fourth-order valence-corrected chi connectivity index (χ4v) is 3.63. The van der Waals surface area contributed by atoms with E-state index in [1.165, 1.54) is 19.1 Å². The third-order valence-corrected chi connectivity index (χ3v) is 5.10. The van der Waals surface area contributed by atoms with E-state index in [1.807, 2.05) is 31.2 Å². The number of rotatable bonds is 4. The number of benzene rings is 2. The highest BCUT2D eigenvalue weighted by Gasteiger charge is 2.50. The first-order valence-electron chi connectivity index (χ1n) is 8.77. The molecule has 1 atom stereocenters. The van der Waals surface area contributed by atoms with Gasteiger partial charge in [0.2, 0.25) is 11.7 Å². The largest absolute Gasteiger partial charge is 0.337 e. The van der Waals surface area contributed by atoms with Crippen LogP contribution >= 0.6 is 11.6 Å². The van der Waals surface area contributed by atoms with Crippen LogP contribution in [0.5, 0.6) is 0 Å². The van der Waals surface area contributed by atoms with Crippen LogP contribution < -0.4 is 5.32 Å². The van der Waals surface area contributed by atoms with E-state index in [-0.39, 0.29) is 17.5 Å². The number of imide groups is 1. The fourth-order valence-electron chi connectivity index (χ4n) is 3.27. The van der Waals surface area contributed by atoms with Gasteiger partial charge in [0.15, 0.2) is 0 Å². The molecule has 3 amide bonds. The van der Waals surface area contributed by atoms with E-state index < -0.39 is 23.3 Å². The molecule has 2 heterocycles. The minimum Gasteiger partial charge on any atom is -0.337 e. The molecule has 3 aromatic rings. The van der Waals surface area contributed by atoms with Crippen LogP contribution in [-0.4, -0.2) is 27.0 Å². The lowest BCUT2D eigenvalue weighted by Crippen LogP contribution is -2.41. The SMILES string of the molecule is Cc1cccc(-c2noc(CN3C(=O)NC(C)(c4ccc(F)cc4Cl)C3=O)n2)c1. The third-order valence-electron chi connectivity index (χ3n) is 4.78. The highest BCUT2D eigenvalue weighted by Crippen LogP contribution is 2.34. The lowest BCUT2D eigenvalue weighted by molar-refractivity contribution is -0.131. The molecule has 1 fully saturated rings. The number of halogens is 2. The summed E-state index contributed by atoms with van der Waals surface area (Å²) in [4.78, 5) is 30.7. The predicted octanol–water partition coefficient (Wildman–Crippen LogP) is 3.80. The Hall–Kier alpha value is -3.26. The molecule has 1 saturated heterocycles. The van der Waals surface area contributed by atoms with E-state index in [0.717, 1.165) is 22.1 Å². The summed E-state index contributed by atoms with van der Waals surface area (Å²) < 4.78 is 18.6. The highest BCUT2D eigenvalue weighted by molar-refractivity contribution is 6.32. The molecule has 1 aromatic heterocycles. The van der Waals surface area contributed by atoms with Gasteiger partial charge < -0.3 is 9.84 Å². The Labute approximate surface area is 170 Å². The van der Waals surface area contributed by atoms with Crippen molar-refractivity contribution in [1.82, 2.24) is 20.4 Å². The van der Waals surface area contributed by atoms with Crippen molar-refractivity contribution in [3.05, 3.63) is 70.3 Å². The van der Waals surface area contributed by atoms with Crippen LogP contribution in [0.3, 0.4) is 0 Å². The maximum Gasteiger partial charge on any atom is 0.325 e. The van der Waals surface area contributed by atoms with Crippen LogP contribution in [0.4, 0.5) is 9.18 Å². The molecule has 9 heteroatoms. The minimum absolute atomic E-state index is 0.0440. The Balaban J connectivity index is 1.59. The number of nitrogens with one attached hydrogen (secondary N) is 1. The van der Waals surface area contributed by atoms with Gasteiger partial charge in [-0.15, -0.1) is 0 Å². The smallest absolute Gasteiger partial charge is 0.325 e. The van der Waals surface area contributed by atoms with Crippen molar-refractivity contribution in [3.8, 4) is 11.4 Å². The average Bonchev–Trinajstić information content (AvgIpc) is 3.21. The van der Waals surface area contributed by atoms with Crippen molar-refractivity contribution in [1.29, 1.82) is 0 Å². The fraction of sp³-hybridized carbons (Fsp3) is 0.200. The summed E-state index contributed by atoms with van der Waals surface area (Å²) in [5.74, 6) is -0.614. The zero-order chi connectivity index (χ0) is 20.8. The zero-order valence-electron chi connectivity index (χ0n) is 15.6. The van der Waals surface area contributed by atoms with E-state index in [0.29, 0.717) is 11.4 Å². The van der Waals surface area contributed by atoms with Crippen LogP contribution in [0, 0.1) is 12.7 Å². The van der Waals surface area contributed by atoms with Gasteiger partial charge in [-0.1, -0.05) is 46.6 Å². The second kappa shape index (κ2) is 6.97. The molecule has 4 rings (SSSR count). The molecule has 7 nitrogen and oxygen atoms in total. The molecule has 148 valence electrons. The Bertz CT molecular complexity index is 1130. The summed E-state index contributed by atoms with van der Waals surface area (Å²) >= 11 is 6.10. The van der Waals surface area contributed by atoms with Gasteiger partial charge in [-0.2, -0.15) is 4.98 Å². The van der Waals surface area contributed by atoms with Gasteiger partial charge in [-0.05, 0) is 32.0 Å². The maximum absolute atomic E-state index is 13.4. The second-order valence-corrected chi connectivity index (χ2v) is 7.36. The summed E-state index contributed by atoms with van der Waals surface area (Å²) in [7, 11) is 0. The van der Waals surface area contributed by atoms with Crippen LogP contribution in [0.1, 0.15) is 23.9 Å². The molecule has 1 unspecified atom stereocenters. The molecule has 1 aliphatic rings. The topological polar surface area (TPSA) is 88.3 Å². The first kappa shape index (κ1) is 19.1. The molecule has 1 aliphatic heterocycles. The Morgan fingerprint density at radius 1 is 1.24 bits per heavy atom. The standard InChI is InChI=1S/C20H16ClFN4O3/c1-11-4-3-5-12(8-11)17-23-16(29-25-17)10-26-18(27)20(2,24-19(26)28)14-7-6-13(22)9-15(14)21/h3-9H,10H2,1-2H3,(H,24,28). The van der Waals surface area contributed by atoms with Crippen molar-refractivity contribution < 1.29 is 18.5 Å². The van der Waals surface area contributed by atoms with E-state index in [9.17, 15) is 14.0 Å². The molecule has 1 N–H and O–H groups in total. The third kappa shape index (κ3) is 3.36. The van der Waals surface area contributed by atoms with E-state index in [1.54, 1.807) is 0 Å². The number of aromatic nitrogens is 2. The normalized spacial score (nSPS) is 19.0. The summed E-state index contributed by atoms with van der Waals surface area (Å²) in [6.07, 6.45) is 0. The Kier molecular flexibility index (Phi) is 4.58. The summed E-state index contributed by atoms with van der Waals surface area (Å²) in [6.45, 7) is 3.26. The molecule has 0 spiro atoms. The monoisotopic (exact) mass is 414 g/mol. The molecule has 29 heavy (non-hydrogen) atoms. The van der Waals surface area contributed by atoms with Crippen molar-refractivity contribution in [3.63, 3.8) is 0 Å². The highest BCUT2D eigenvalue weighted by atomic mass is 35.5. The van der Waals surface area contributed by atoms with Gasteiger partial charge in [-0.25, -0.2) is 9.18 Å². The number of hydrogen-bond acceptors (Lipinski definition) is 5. The lowest BCUT2D eigenvalue weighted by Gasteiger charge is -2.23. The van der Waals surface area contributed by atoms with E-state index in [2.05, 4.69) is 15.5 Å². The lowest BCUT2D eigenvalue weighted by atomic mass is 9.92. The number of urea groups is 1. The number of carbonyl (C=O) groups excluding carboxylic acids is 2. The van der Waals surface area contributed by atoms with Crippen LogP contribution in [-0.2, 0) is 16.9 Å². The summed E-state index contributed by atoms with van der Waals surface area (Å²) in [5.41, 5.74) is 0.670. The summed E-state index contributed by atoms with van der Waals surface area (Å²) in [6, 6.07) is 10.6. The van der Waals surface area contributed by atoms with Crippen molar-refractivity contribution in [2.24, 2.45) is 0 Å². The van der Waals surface area contributed by atoms with Gasteiger partial charge >= 0.3 is 6.03 Å². The number of carbonyl (C=O) groups is 2. The van der Waals surface area contributed by atoms with Crippen molar-refractivity contribution >= 4 is 23.5 Å². The number of amides is 3. The zero-order valence-corrected chi connectivity index (χ0v) is 16.3. The van der Waals surface area contributed by atoms with Crippen molar-refractivity contribution in [2.75, 3.05) is 0 Å². The summed E-state index contributed by atoms with van der Waals surface area (Å²) in [5, 5.41) is 6.58. The van der Waals surface area contributed by atoms with Crippen LogP contribution in [0.2, 0.25) is 5.02 Å². The maximum atomic E-state index is 13.4. The first-order valence-corrected chi connectivity index (χ1v) is 9.15. The second-order valence-electron chi connectivity index (χ2n) is 6.95. The minimum atomic E-state index is -1.43. The number of hydrogen-bond donors (Lipinski definition) is 1. The van der Waals surface area contributed by atoms with Gasteiger partial charge in [0.1, 0.15) is 17.9 Å². The molecular formula is C20H16ClFN4O3. The predicted molar refractivity (Wildman–Crippen MR) is 102 cm³/mol. The van der Waals surface area contributed by atoms with Gasteiger partial charge in [0, 0.05) is 16.1 Å². The van der Waals surface area contributed by atoms with E-state index in [4.69, 9.17) is 16.1 Å². The first-order chi connectivity index (χ1) is 13.8. The van der Waals surface area contributed by atoms with Gasteiger partial charge in [0.05, 0.1) is 0 Å². The molecule has 0 aliphatic carbocycles. The van der Waals surface area contributed by atoms with Crippen LogP contribution in [0.25, 0.3) is 11.4 Å². The molecular weight excluding hydrogens is 399 g/mol. The van der Waals surface area contributed by atoms with Gasteiger partial charge in [0.25, 0.3) is 5.91 Å². The Morgan fingerprint density at radius 3 is 2.76 bits per heavy atom.